The number of pyridine rings is 1. The van der Waals surface area contributed by atoms with Gasteiger partial charge < -0.3 is 10.2 Å². The van der Waals surface area contributed by atoms with Gasteiger partial charge in [-0.25, -0.2) is 0 Å². The second-order valence-electron chi connectivity index (χ2n) is 5.52. The molecule has 2 rings (SSSR count). The fourth-order valence-electron chi connectivity index (χ4n) is 2.47. The van der Waals surface area contributed by atoms with E-state index in [-0.39, 0.29) is 0 Å². The zero-order valence-electron chi connectivity index (χ0n) is 11.8. The minimum atomic E-state index is 0.477. The lowest BCUT2D eigenvalue weighted by molar-refractivity contribution is 0.267. The van der Waals surface area contributed by atoms with Gasteiger partial charge in [-0.1, -0.05) is 6.07 Å². The van der Waals surface area contributed by atoms with Crippen molar-refractivity contribution in [3.05, 3.63) is 29.6 Å². The molecule has 0 aliphatic heterocycles. The monoisotopic (exact) mass is 247 g/mol. The van der Waals surface area contributed by atoms with Crippen LogP contribution < -0.4 is 5.32 Å². The van der Waals surface area contributed by atoms with Crippen molar-refractivity contribution in [2.24, 2.45) is 0 Å². The number of aryl methyl sites for hydroxylation is 1. The number of nitrogens with zero attached hydrogens (tertiary/aromatic N) is 2. The van der Waals surface area contributed by atoms with Gasteiger partial charge in [-0.3, -0.25) is 4.98 Å². The maximum absolute atomic E-state index is 4.51. The Balaban J connectivity index is 1.73. The third-order valence-electron chi connectivity index (χ3n) is 3.92. The molecule has 1 atom stereocenters. The van der Waals surface area contributed by atoms with E-state index in [9.17, 15) is 0 Å². The molecule has 3 heteroatoms. The van der Waals surface area contributed by atoms with Crippen LogP contribution in [0.3, 0.4) is 0 Å². The summed E-state index contributed by atoms with van der Waals surface area (Å²) in [5.74, 6) is 0. The summed E-state index contributed by atoms with van der Waals surface area (Å²) in [6.07, 6.45) is 5.48. The van der Waals surface area contributed by atoms with Crippen molar-refractivity contribution in [2.45, 2.75) is 45.2 Å². The SMILES string of the molecule is CC(C)N(C)CCCNC1CCc2cccnc21. The van der Waals surface area contributed by atoms with Crippen molar-refractivity contribution in [2.75, 3.05) is 20.1 Å². The molecule has 0 fully saturated rings. The van der Waals surface area contributed by atoms with Gasteiger partial charge in [-0.2, -0.15) is 0 Å². The van der Waals surface area contributed by atoms with E-state index < -0.39 is 0 Å². The van der Waals surface area contributed by atoms with Crippen molar-refractivity contribution in [1.29, 1.82) is 0 Å². The van der Waals surface area contributed by atoms with Crippen LogP contribution in [-0.2, 0) is 6.42 Å². The Morgan fingerprint density at radius 3 is 3.11 bits per heavy atom. The Labute approximate surface area is 111 Å². The highest BCUT2D eigenvalue weighted by atomic mass is 15.1. The number of hydrogen-bond acceptors (Lipinski definition) is 3. The topological polar surface area (TPSA) is 28.2 Å². The molecule has 100 valence electrons. The third kappa shape index (κ3) is 3.30. The number of aromatic nitrogens is 1. The first-order valence-electron chi connectivity index (χ1n) is 7.06. The molecule has 1 aliphatic rings. The van der Waals surface area contributed by atoms with E-state index in [2.05, 4.69) is 42.2 Å². The van der Waals surface area contributed by atoms with E-state index in [1.165, 1.54) is 30.5 Å². The lowest BCUT2D eigenvalue weighted by Gasteiger charge is -2.21. The van der Waals surface area contributed by atoms with Gasteiger partial charge in [0.1, 0.15) is 0 Å². The van der Waals surface area contributed by atoms with Crippen LogP contribution >= 0.6 is 0 Å². The molecule has 1 N–H and O–H groups in total. The summed E-state index contributed by atoms with van der Waals surface area (Å²) in [7, 11) is 2.19. The Morgan fingerprint density at radius 1 is 1.50 bits per heavy atom. The second-order valence-corrected chi connectivity index (χ2v) is 5.52. The summed E-state index contributed by atoms with van der Waals surface area (Å²) >= 11 is 0. The average molecular weight is 247 g/mol. The van der Waals surface area contributed by atoms with Crippen LogP contribution in [0.1, 0.15) is 44.0 Å². The summed E-state index contributed by atoms with van der Waals surface area (Å²) in [4.78, 5) is 6.90. The van der Waals surface area contributed by atoms with Crippen LogP contribution in [0.15, 0.2) is 18.3 Å². The van der Waals surface area contributed by atoms with Crippen molar-refractivity contribution >= 4 is 0 Å². The van der Waals surface area contributed by atoms with Gasteiger partial charge in [0.25, 0.3) is 0 Å². The van der Waals surface area contributed by atoms with Gasteiger partial charge >= 0.3 is 0 Å². The molecule has 1 aromatic rings. The van der Waals surface area contributed by atoms with Crippen molar-refractivity contribution < 1.29 is 0 Å². The second kappa shape index (κ2) is 6.30. The van der Waals surface area contributed by atoms with Crippen LogP contribution in [0, 0.1) is 0 Å². The first-order valence-corrected chi connectivity index (χ1v) is 7.06. The summed E-state index contributed by atoms with van der Waals surface area (Å²) in [6, 6.07) is 5.36. The van der Waals surface area contributed by atoms with Crippen LogP contribution in [0.25, 0.3) is 0 Å². The van der Waals surface area contributed by atoms with Gasteiger partial charge in [0.2, 0.25) is 0 Å². The molecule has 0 saturated heterocycles. The largest absolute Gasteiger partial charge is 0.309 e. The molecule has 3 nitrogen and oxygen atoms in total. The van der Waals surface area contributed by atoms with Crippen molar-refractivity contribution in [1.82, 2.24) is 15.2 Å². The molecule has 1 unspecified atom stereocenters. The van der Waals surface area contributed by atoms with Gasteiger partial charge in [-0.05, 0) is 64.9 Å². The molecule has 0 radical (unpaired) electrons. The smallest absolute Gasteiger partial charge is 0.0605 e. The third-order valence-corrected chi connectivity index (χ3v) is 3.92. The first-order chi connectivity index (χ1) is 8.68. The summed E-state index contributed by atoms with van der Waals surface area (Å²) < 4.78 is 0. The molecule has 0 bridgehead atoms. The molecule has 1 heterocycles. The van der Waals surface area contributed by atoms with Gasteiger partial charge in [0.05, 0.1) is 11.7 Å². The maximum atomic E-state index is 4.51. The molecule has 0 spiro atoms. The zero-order chi connectivity index (χ0) is 13.0. The fourth-order valence-corrected chi connectivity index (χ4v) is 2.47. The highest BCUT2D eigenvalue weighted by molar-refractivity contribution is 5.27. The summed E-state index contributed by atoms with van der Waals surface area (Å²) in [6.45, 7) is 6.72. The predicted octanol–water partition coefficient (Wildman–Crippen LogP) is 2.39. The van der Waals surface area contributed by atoms with Crippen LogP contribution in [0.5, 0.6) is 0 Å². The zero-order valence-corrected chi connectivity index (χ0v) is 11.8. The Hall–Kier alpha value is -0.930. The summed E-state index contributed by atoms with van der Waals surface area (Å²) in [5.41, 5.74) is 2.70. The highest BCUT2D eigenvalue weighted by Gasteiger charge is 2.22. The lowest BCUT2D eigenvalue weighted by Crippen LogP contribution is -2.30. The van der Waals surface area contributed by atoms with Crippen molar-refractivity contribution in [3.8, 4) is 0 Å². The number of fused-ring (bicyclic) bond motifs is 1. The standard InChI is InChI=1S/C15H25N3/c1-12(2)18(3)11-5-10-16-14-8-7-13-6-4-9-17-15(13)14/h4,6,9,12,14,16H,5,7-8,10-11H2,1-3H3. The van der Waals surface area contributed by atoms with Crippen LogP contribution in [0.4, 0.5) is 0 Å². The Morgan fingerprint density at radius 2 is 2.33 bits per heavy atom. The van der Waals surface area contributed by atoms with Gasteiger partial charge in [-0.15, -0.1) is 0 Å². The van der Waals surface area contributed by atoms with E-state index in [1.807, 2.05) is 12.3 Å². The molecule has 0 amide bonds. The predicted molar refractivity (Wildman–Crippen MR) is 75.7 cm³/mol. The fraction of sp³-hybridized carbons (Fsp3) is 0.667. The van der Waals surface area contributed by atoms with Crippen LogP contribution in [0.2, 0.25) is 0 Å². The van der Waals surface area contributed by atoms with Gasteiger partial charge in [0, 0.05) is 12.2 Å². The molecule has 18 heavy (non-hydrogen) atoms. The Kier molecular flexibility index (Phi) is 4.72. The maximum Gasteiger partial charge on any atom is 0.0605 e. The number of hydrogen-bond donors (Lipinski definition) is 1. The molecular weight excluding hydrogens is 222 g/mol. The van der Waals surface area contributed by atoms with E-state index in [0.29, 0.717) is 12.1 Å². The van der Waals surface area contributed by atoms with E-state index >= 15 is 0 Å². The Bertz CT molecular complexity index is 376. The summed E-state index contributed by atoms with van der Waals surface area (Å²) in [5, 5.41) is 3.64. The number of rotatable bonds is 6. The molecular formula is C15H25N3. The van der Waals surface area contributed by atoms with E-state index in [4.69, 9.17) is 0 Å². The quantitative estimate of drug-likeness (QED) is 0.782. The molecule has 0 aromatic carbocycles. The average Bonchev–Trinajstić information content (AvgIpc) is 2.77. The first kappa shape index (κ1) is 13.5. The van der Waals surface area contributed by atoms with Crippen molar-refractivity contribution in [3.63, 3.8) is 0 Å². The lowest BCUT2D eigenvalue weighted by atomic mass is 10.2. The number of nitrogens with one attached hydrogen (secondary N) is 1. The minimum Gasteiger partial charge on any atom is -0.309 e. The van der Waals surface area contributed by atoms with Gasteiger partial charge in [0.15, 0.2) is 0 Å². The minimum absolute atomic E-state index is 0.477. The molecule has 1 aliphatic carbocycles. The van der Waals surface area contributed by atoms with E-state index in [1.54, 1.807) is 0 Å². The normalized spacial score (nSPS) is 18.6. The molecule has 1 aromatic heterocycles. The van der Waals surface area contributed by atoms with E-state index in [0.717, 1.165) is 13.1 Å². The van der Waals surface area contributed by atoms with Crippen LogP contribution in [-0.4, -0.2) is 36.1 Å². The molecule has 0 saturated carbocycles. The highest BCUT2D eigenvalue weighted by Crippen LogP contribution is 2.28.